The maximum absolute atomic E-state index is 5.09. The maximum atomic E-state index is 5.09. The molecule has 0 bridgehead atoms. The summed E-state index contributed by atoms with van der Waals surface area (Å²) in [4.78, 5) is 0. The smallest absolute Gasteiger partial charge is 0.0465 e. The van der Waals surface area contributed by atoms with Gasteiger partial charge in [-0.1, -0.05) is 28.1 Å². The normalized spacial score (nSPS) is 25.0. The van der Waals surface area contributed by atoms with E-state index in [0.29, 0.717) is 0 Å². The Hall–Kier alpha value is -0.340. The minimum atomic E-state index is 0.790. The SMILES string of the molecule is COCC[C@@H]1C[C@H]1c1ccc(Br)cc1. The van der Waals surface area contributed by atoms with Crippen LogP contribution in [0.2, 0.25) is 0 Å². The average Bonchev–Trinajstić information content (AvgIpc) is 2.95. The Labute approximate surface area is 93.6 Å². The highest BCUT2D eigenvalue weighted by Crippen LogP contribution is 2.49. The van der Waals surface area contributed by atoms with E-state index in [9.17, 15) is 0 Å². The van der Waals surface area contributed by atoms with Crippen LogP contribution in [0, 0.1) is 5.92 Å². The van der Waals surface area contributed by atoms with Gasteiger partial charge in [0, 0.05) is 18.2 Å². The molecule has 2 heteroatoms. The van der Waals surface area contributed by atoms with Gasteiger partial charge in [0.25, 0.3) is 0 Å². The van der Waals surface area contributed by atoms with Gasteiger partial charge in [0.1, 0.15) is 0 Å². The standard InChI is InChI=1S/C12H15BrO/c1-14-7-6-10-8-12(10)9-2-4-11(13)5-3-9/h2-5,10,12H,6-8H2,1H3/t10-,12+/m1/s1. The van der Waals surface area contributed by atoms with Crippen LogP contribution in [0.15, 0.2) is 28.7 Å². The molecule has 1 saturated carbocycles. The van der Waals surface area contributed by atoms with E-state index in [4.69, 9.17) is 4.74 Å². The van der Waals surface area contributed by atoms with Gasteiger partial charge < -0.3 is 4.74 Å². The summed E-state index contributed by atoms with van der Waals surface area (Å²) < 4.78 is 6.25. The van der Waals surface area contributed by atoms with Crippen molar-refractivity contribution in [2.45, 2.75) is 18.8 Å². The molecule has 1 fully saturated rings. The van der Waals surface area contributed by atoms with Crippen molar-refractivity contribution < 1.29 is 4.74 Å². The van der Waals surface area contributed by atoms with Gasteiger partial charge >= 0.3 is 0 Å². The van der Waals surface area contributed by atoms with Crippen LogP contribution in [-0.2, 0) is 4.74 Å². The first-order valence-corrected chi connectivity index (χ1v) is 5.85. The second-order valence-electron chi connectivity index (χ2n) is 3.94. The Kier molecular flexibility index (Phi) is 3.24. The van der Waals surface area contributed by atoms with Crippen molar-refractivity contribution in [1.82, 2.24) is 0 Å². The van der Waals surface area contributed by atoms with Crippen molar-refractivity contribution in [1.29, 1.82) is 0 Å². The molecule has 0 spiro atoms. The Bertz CT molecular complexity index is 294. The van der Waals surface area contributed by atoms with E-state index in [0.717, 1.165) is 22.9 Å². The van der Waals surface area contributed by atoms with Gasteiger partial charge in [-0.25, -0.2) is 0 Å². The molecule has 0 aliphatic heterocycles. The Balaban J connectivity index is 1.89. The van der Waals surface area contributed by atoms with E-state index in [1.54, 1.807) is 7.11 Å². The summed E-state index contributed by atoms with van der Waals surface area (Å²) in [6.07, 6.45) is 2.54. The van der Waals surface area contributed by atoms with Gasteiger partial charge in [-0.3, -0.25) is 0 Å². The van der Waals surface area contributed by atoms with Crippen LogP contribution in [0.5, 0.6) is 0 Å². The molecule has 0 N–H and O–H groups in total. The predicted molar refractivity (Wildman–Crippen MR) is 61.5 cm³/mol. The highest BCUT2D eigenvalue weighted by Gasteiger charge is 2.37. The second-order valence-corrected chi connectivity index (χ2v) is 4.85. The van der Waals surface area contributed by atoms with E-state index in [-0.39, 0.29) is 0 Å². The molecule has 0 amide bonds. The number of hydrogen-bond donors (Lipinski definition) is 0. The average molecular weight is 255 g/mol. The second kappa shape index (κ2) is 4.45. The van der Waals surface area contributed by atoms with Crippen LogP contribution in [0.1, 0.15) is 24.3 Å². The minimum absolute atomic E-state index is 0.790. The summed E-state index contributed by atoms with van der Waals surface area (Å²) in [6.45, 7) is 0.900. The summed E-state index contributed by atoms with van der Waals surface area (Å²) in [5, 5.41) is 0. The zero-order chi connectivity index (χ0) is 9.97. The molecule has 1 nitrogen and oxygen atoms in total. The highest BCUT2D eigenvalue weighted by molar-refractivity contribution is 9.10. The summed E-state index contributed by atoms with van der Waals surface area (Å²) in [5.41, 5.74) is 1.48. The molecule has 0 radical (unpaired) electrons. The number of rotatable bonds is 4. The monoisotopic (exact) mass is 254 g/mol. The van der Waals surface area contributed by atoms with Crippen molar-refractivity contribution in [3.05, 3.63) is 34.3 Å². The molecule has 1 aromatic rings. The van der Waals surface area contributed by atoms with Gasteiger partial charge in [0.05, 0.1) is 0 Å². The highest BCUT2D eigenvalue weighted by atomic mass is 79.9. The van der Waals surface area contributed by atoms with Crippen molar-refractivity contribution in [2.75, 3.05) is 13.7 Å². The lowest BCUT2D eigenvalue weighted by Crippen LogP contribution is -1.91. The molecule has 0 aromatic heterocycles. The van der Waals surface area contributed by atoms with E-state index in [1.165, 1.54) is 18.4 Å². The predicted octanol–water partition coefficient (Wildman–Crippen LogP) is 3.59. The van der Waals surface area contributed by atoms with Gasteiger partial charge in [0.15, 0.2) is 0 Å². The van der Waals surface area contributed by atoms with E-state index in [1.807, 2.05) is 0 Å². The van der Waals surface area contributed by atoms with Crippen molar-refractivity contribution >= 4 is 15.9 Å². The number of benzene rings is 1. The van der Waals surface area contributed by atoms with Crippen LogP contribution >= 0.6 is 15.9 Å². The van der Waals surface area contributed by atoms with Crippen molar-refractivity contribution in [2.24, 2.45) is 5.92 Å². The molecule has 14 heavy (non-hydrogen) atoms. The summed E-state index contributed by atoms with van der Waals surface area (Å²) in [7, 11) is 1.77. The lowest BCUT2D eigenvalue weighted by atomic mass is 10.1. The third-order valence-electron chi connectivity index (χ3n) is 2.91. The quantitative estimate of drug-likeness (QED) is 0.798. The molecular formula is C12H15BrO. The van der Waals surface area contributed by atoms with Crippen LogP contribution in [0.3, 0.4) is 0 Å². The summed E-state index contributed by atoms with van der Waals surface area (Å²) in [6, 6.07) is 8.70. The van der Waals surface area contributed by atoms with Gasteiger partial charge in [-0.05, 0) is 42.4 Å². The molecule has 76 valence electrons. The molecule has 2 atom stereocenters. The summed E-state index contributed by atoms with van der Waals surface area (Å²) >= 11 is 3.45. The van der Waals surface area contributed by atoms with Crippen LogP contribution in [0.4, 0.5) is 0 Å². The molecular weight excluding hydrogens is 240 g/mol. The molecule has 0 unspecified atom stereocenters. The van der Waals surface area contributed by atoms with Gasteiger partial charge in [-0.15, -0.1) is 0 Å². The third kappa shape index (κ3) is 2.37. The molecule has 1 aliphatic carbocycles. The van der Waals surface area contributed by atoms with Crippen LogP contribution in [0.25, 0.3) is 0 Å². The van der Waals surface area contributed by atoms with Gasteiger partial charge in [0.2, 0.25) is 0 Å². The lowest BCUT2D eigenvalue weighted by molar-refractivity contribution is 0.189. The maximum Gasteiger partial charge on any atom is 0.0465 e. The fourth-order valence-corrected chi connectivity index (χ4v) is 2.22. The lowest BCUT2D eigenvalue weighted by Gasteiger charge is -2.00. The molecule has 0 heterocycles. The molecule has 0 saturated heterocycles. The minimum Gasteiger partial charge on any atom is -0.385 e. The largest absolute Gasteiger partial charge is 0.385 e. The molecule has 2 rings (SSSR count). The fraction of sp³-hybridized carbons (Fsp3) is 0.500. The van der Waals surface area contributed by atoms with Crippen LogP contribution < -0.4 is 0 Å². The third-order valence-corrected chi connectivity index (χ3v) is 3.44. The topological polar surface area (TPSA) is 9.23 Å². The van der Waals surface area contributed by atoms with E-state index < -0.39 is 0 Å². The van der Waals surface area contributed by atoms with Crippen LogP contribution in [-0.4, -0.2) is 13.7 Å². The number of methoxy groups -OCH3 is 1. The first-order chi connectivity index (χ1) is 6.81. The Morgan fingerprint density at radius 2 is 2.07 bits per heavy atom. The van der Waals surface area contributed by atoms with Crippen molar-refractivity contribution in [3.8, 4) is 0 Å². The number of halogens is 1. The number of ether oxygens (including phenoxy) is 1. The number of hydrogen-bond acceptors (Lipinski definition) is 1. The van der Waals surface area contributed by atoms with E-state index >= 15 is 0 Å². The van der Waals surface area contributed by atoms with Gasteiger partial charge in [-0.2, -0.15) is 0 Å². The zero-order valence-corrected chi connectivity index (χ0v) is 9.96. The van der Waals surface area contributed by atoms with Crippen molar-refractivity contribution in [3.63, 3.8) is 0 Å². The first kappa shape index (κ1) is 10.2. The first-order valence-electron chi connectivity index (χ1n) is 5.05. The Morgan fingerprint density at radius 1 is 1.36 bits per heavy atom. The summed E-state index contributed by atoms with van der Waals surface area (Å²) in [5.74, 6) is 1.65. The zero-order valence-electron chi connectivity index (χ0n) is 8.37. The van der Waals surface area contributed by atoms with E-state index in [2.05, 4.69) is 40.2 Å². The molecule has 1 aliphatic rings. The fourth-order valence-electron chi connectivity index (χ4n) is 1.95. The Morgan fingerprint density at radius 3 is 2.71 bits per heavy atom. The molecule has 1 aromatic carbocycles.